The van der Waals surface area contributed by atoms with Crippen LogP contribution in [0.1, 0.15) is 34.2 Å². The van der Waals surface area contributed by atoms with Gasteiger partial charge in [-0.1, -0.05) is 158 Å². The summed E-state index contributed by atoms with van der Waals surface area (Å²) in [6, 6.07) is 52.4. The molecule has 2 heteroatoms. The van der Waals surface area contributed by atoms with E-state index in [4.69, 9.17) is 4.42 Å². The van der Waals surface area contributed by atoms with E-state index in [0.717, 1.165) is 56.9 Å². The Hall–Kier alpha value is -6.95. The van der Waals surface area contributed by atoms with Crippen LogP contribution in [0.5, 0.6) is 0 Å². The average Bonchev–Trinajstić information content (AvgIpc) is 3.63. The van der Waals surface area contributed by atoms with Gasteiger partial charge in [-0.25, -0.2) is 0 Å². The molecule has 0 radical (unpaired) electrons. The van der Waals surface area contributed by atoms with E-state index >= 15 is 0 Å². The fourth-order valence-electron chi connectivity index (χ4n) is 9.73. The predicted molar refractivity (Wildman–Crippen MR) is 227 cm³/mol. The van der Waals surface area contributed by atoms with Gasteiger partial charge in [0.25, 0.3) is 0 Å². The number of allylic oxidation sites excluding steroid dienone is 5. The van der Waals surface area contributed by atoms with Gasteiger partial charge in [-0.15, -0.1) is 0 Å². The van der Waals surface area contributed by atoms with Crippen LogP contribution in [0.3, 0.4) is 0 Å². The standard InChI is InChI=1S/C53H35NO/c54-32-35-17-4-5-18-36(35)51-42-23-10-12-25-44(42)52(45-26-13-11-24-43(45)51)47-28-14-27-46-37-30-29-34(31-48(37)55-53(46)47)50-40-21-8-6-19-38(40)49(33-15-2-1-3-16-33)39-20-7-9-22-41(39)50/h1-12,14-25,27-31,38,40H,13,26H2. The van der Waals surface area contributed by atoms with Gasteiger partial charge < -0.3 is 4.42 Å². The highest BCUT2D eigenvalue weighted by molar-refractivity contribution is 6.16. The Morgan fingerprint density at radius 2 is 1.22 bits per heavy atom. The minimum absolute atomic E-state index is 0.197. The third-order valence-electron chi connectivity index (χ3n) is 12.0. The molecular formula is C53H35NO. The molecule has 2 unspecified atom stereocenters. The van der Waals surface area contributed by atoms with Gasteiger partial charge >= 0.3 is 0 Å². The van der Waals surface area contributed by atoms with Crippen molar-refractivity contribution in [2.24, 2.45) is 11.8 Å². The lowest BCUT2D eigenvalue weighted by Gasteiger charge is -2.33. The lowest BCUT2D eigenvalue weighted by Crippen LogP contribution is -2.40. The minimum Gasteiger partial charge on any atom is -0.455 e. The molecule has 0 fully saturated rings. The summed E-state index contributed by atoms with van der Waals surface area (Å²) < 4.78 is 7.06. The first kappa shape index (κ1) is 31.6. The van der Waals surface area contributed by atoms with Crippen LogP contribution >= 0.6 is 0 Å². The first-order valence-corrected chi connectivity index (χ1v) is 19.2. The zero-order valence-corrected chi connectivity index (χ0v) is 30.2. The van der Waals surface area contributed by atoms with Crippen LogP contribution in [0, 0.1) is 23.2 Å². The van der Waals surface area contributed by atoms with E-state index in [1.807, 2.05) is 18.2 Å². The van der Waals surface area contributed by atoms with Gasteiger partial charge in [0.15, 0.2) is 0 Å². The molecule has 0 saturated carbocycles. The van der Waals surface area contributed by atoms with E-state index in [-0.39, 0.29) is 11.8 Å². The Kier molecular flexibility index (Phi) is 7.22. The fourth-order valence-corrected chi connectivity index (χ4v) is 9.73. The molecule has 2 atom stereocenters. The lowest BCUT2D eigenvalue weighted by molar-refractivity contribution is 0.668. The van der Waals surface area contributed by atoms with E-state index < -0.39 is 0 Å². The summed E-state index contributed by atoms with van der Waals surface area (Å²) in [5, 5.41) is 17.3. The lowest BCUT2D eigenvalue weighted by atomic mass is 9.70. The number of nitriles is 1. The number of furan rings is 1. The van der Waals surface area contributed by atoms with E-state index in [9.17, 15) is 5.26 Å². The first-order chi connectivity index (χ1) is 27.3. The molecule has 0 aliphatic heterocycles. The molecule has 0 bridgehead atoms. The van der Waals surface area contributed by atoms with Crippen molar-refractivity contribution < 1.29 is 4.42 Å². The van der Waals surface area contributed by atoms with Gasteiger partial charge in [-0.2, -0.15) is 5.26 Å². The highest BCUT2D eigenvalue weighted by Crippen LogP contribution is 2.48. The van der Waals surface area contributed by atoms with Crippen molar-refractivity contribution >= 4 is 49.9 Å². The maximum atomic E-state index is 10.2. The monoisotopic (exact) mass is 701 g/mol. The minimum atomic E-state index is 0.197. The zero-order chi connectivity index (χ0) is 36.5. The summed E-state index contributed by atoms with van der Waals surface area (Å²) in [4.78, 5) is 0. The molecule has 0 amide bonds. The molecular weight excluding hydrogens is 667 g/mol. The van der Waals surface area contributed by atoms with Crippen LogP contribution < -0.4 is 10.4 Å². The van der Waals surface area contributed by atoms with E-state index in [0.29, 0.717) is 5.56 Å². The predicted octanol–water partition coefficient (Wildman–Crippen LogP) is 11.7. The van der Waals surface area contributed by atoms with Crippen molar-refractivity contribution in [2.75, 3.05) is 0 Å². The van der Waals surface area contributed by atoms with Gasteiger partial charge in [0.05, 0.1) is 11.6 Å². The first-order valence-electron chi connectivity index (χ1n) is 19.2. The smallest absolute Gasteiger partial charge is 0.143 e. The zero-order valence-electron chi connectivity index (χ0n) is 30.2. The van der Waals surface area contributed by atoms with Crippen molar-refractivity contribution in [1.29, 1.82) is 5.26 Å². The summed E-state index contributed by atoms with van der Waals surface area (Å²) in [7, 11) is 0. The quantitative estimate of drug-likeness (QED) is 0.183. The molecule has 0 N–H and O–H groups in total. The largest absolute Gasteiger partial charge is 0.455 e. The van der Waals surface area contributed by atoms with Gasteiger partial charge in [-0.3, -0.25) is 0 Å². The van der Waals surface area contributed by atoms with Crippen LogP contribution in [0.4, 0.5) is 0 Å². The number of hydrogen-bond donors (Lipinski definition) is 0. The third kappa shape index (κ3) is 4.80. The van der Waals surface area contributed by atoms with Crippen molar-refractivity contribution in [3.05, 3.63) is 208 Å². The van der Waals surface area contributed by atoms with Crippen molar-refractivity contribution in [3.63, 3.8) is 0 Å². The fraction of sp³-hybridized carbons (Fsp3) is 0.0755. The van der Waals surface area contributed by atoms with Crippen LogP contribution in [0.25, 0.3) is 72.2 Å². The molecule has 0 saturated heterocycles. The van der Waals surface area contributed by atoms with Gasteiger partial charge in [0, 0.05) is 33.7 Å². The molecule has 1 heterocycles. The van der Waals surface area contributed by atoms with E-state index in [1.54, 1.807) is 0 Å². The summed E-state index contributed by atoms with van der Waals surface area (Å²) in [6.45, 7) is 0. The van der Waals surface area contributed by atoms with Crippen LogP contribution in [0.2, 0.25) is 0 Å². The Morgan fingerprint density at radius 1 is 0.564 bits per heavy atom. The van der Waals surface area contributed by atoms with Crippen molar-refractivity contribution in [3.8, 4) is 28.3 Å². The van der Waals surface area contributed by atoms with Crippen molar-refractivity contribution in [1.82, 2.24) is 0 Å². The topological polar surface area (TPSA) is 36.9 Å². The summed E-state index contributed by atoms with van der Waals surface area (Å²) in [5.41, 5.74) is 14.6. The normalized spacial score (nSPS) is 17.0. The van der Waals surface area contributed by atoms with Crippen LogP contribution in [-0.2, 0) is 6.42 Å². The maximum Gasteiger partial charge on any atom is 0.143 e. The van der Waals surface area contributed by atoms with Gasteiger partial charge in [-0.05, 0) is 96.8 Å². The Bertz CT molecular complexity index is 3170. The SMILES string of the molecule is N#Cc1ccccc1-c1c2c(c(-c3cccc4c3oc3cc(C5=c6ccccc6=C(c6ccccc6)C6C=CC=CC56)ccc34)c3ccccc13)CCC=C2. The van der Waals surface area contributed by atoms with E-state index in [1.165, 1.54) is 54.8 Å². The highest BCUT2D eigenvalue weighted by Gasteiger charge is 2.32. The Morgan fingerprint density at radius 3 is 2.00 bits per heavy atom. The Balaban J connectivity index is 1.16. The van der Waals surface area contributed by atoms with Crippen LogP contribution in [0.15, 0.2) is 174 Å². The number of para-hydroxylation sites is 1. The molecule has 8 aromatic rings. The maximum absolute atomic E-state index is 10.2. The second-order valence-corrected chi connectivity index (χ2v) is 14.8. The van der Waals surface area contributed by atoms with Crippen molar-refractivity contribution in [2.45, 2.75) is 12.8 Å². The molecule has 1 aromatic heterocycles. The molecule has 55 heavy (non-hydrogen) atoms. The molecule has 3 aliphatic carbocycles. The number of nitrogens with zero attached hydrogens (tertiary/aromatic N) is 1. The molecule has 2 nitrogen and oxygen atoms in total. The number of hydrogen-bond acceptors (Lipinski definition) is 2. The van der Waals surface area contributed by atoms with Gasteiger partial charge in [0.1, 0.15) is 11.2 Å². The number of benzene rings is 7. The summed E-state index contributed by atoms with van der Waals surface area (Å²) in [5.74, 6) is 0.426. The Labute approximate surface area is 319 Å². The third-order valence-corrected chi connectivity index (χ3v) is 12.0. The molecule has 258 valence electrons. The second-order valence-electron chi connectivity index (χ2n) is 14.8. The molecule has 11 rings (SSSR count). The number of fused-ring (bicyclic) bond motifs is 7. The summed E-state index contributed by atoms with van der Waals surface area (Å²) >= 11 is 0. The van der Waals surface area contributed by atoms with E-state index in [2.05, 4.69) is 164 Å². The molecule has 3 aliphatic rings. The average molecular weight is 702 g/mol. The highest BCUT2D eigenvalue weighted by atomic mass is 16.3. The molecule has 0 spiro atoms. The molecule has 7 aromatic carbocycles. The van der Waals surface area contributed by atoms with Crippen LogP contribution in [-0.4, -0.2) is 0 Å². The summed E-state index contributed by atoms with van der Waals surface area (Å²) in [6.07, 6.45) is 15.6. The van der Waals surface area contributed by atoms with Gasteiger partial charge in [0.2, 0.25) is 0 Å². The number of rotatable bonds is 4. The second kappa shape index (κ2) is 12.6.